The first-order valence-electron chi connectivity index (χ1n) is 5.90. The van der Waals surface area contributed by atoms with Crippen molar-refractivity contribution in [2.24, 2.45) is 5.73 Å². The molecule has 102 valence electrons. The van der Waals surface area contributed by atoms with Crippen LogP contribution in [-0.4, -0.2) is 48.0 Å². The minimum Gasteiger partial charge on any atom is -0.445 e. The zero-order valence-corrected chi connectivity index (χ0v) is 10.6. The van der Waals surface area contributed by atoms with Gasteiger partial charge >= 0.3 is 5.97 Å². The van der Waals surface area contributed by atoms with E-state index in [9.17, 15) is 14.4 Å². The SMILES string of the molecule is CC(=O)OCNC(=O)[C@@H]1CCCN1C(=O)[C@H](C)N. The fourth-order valence-corrected chi connectivity index (χ4v) is 1.89. The predicted octanol–water partition coefficient (Wildman–Crippen LogP) is -1.04. The maximum absolute atomic E-state index is 11.8. The zero-order valence-electron chi connectivity index (χ0n) is 10.6. The van der Waals surface area contributed by atoms with E-state index in [1.165, 1.54) is 11.8 Å². The van der Waals surface area contributed by atoms with E-state index in [1.807, 2.05) is 0 Å². The minimum atomic E-state index is -0.619. The van der Waals surface area contributed by atoms with Crippen molar-refractivity contribution < 1.29 is 19.1 Å². The van der Waals surface area contributed by atoms with Crippen LogP contribution in [0.1, 0.15) is 26.7 Å². The van der Waals surface area contributed by atoms with E-state index in [0.717, 1.165) is 6.42 Å². The van der Waals surface area contributed by atoms with Gasteiger partial charge in [-0.05, 0) is 19.8 Å². The molecule has 1 heterocycles. The number of amides is 2. The smallest absolute Gasteiger partial charge is 0.304 e. The monoisotopic (exact) mass is 257 g/mol. The van der Waals surface area contributed by atoms with Crippen LogP contribution in [0.2, 0.25) is 0 Å². The molecule has 7 nitrogen and oxygen atoms in total. The summed E-state index contributed by atoms with van der Waals surface area (Å²) in [5, 5.41) is 2.46. The molecule has 0 spiro atoms. The molecule has 1 aliphatic rings. The van der Waals surface area contributed by atoms with Gasteiger partial charge in [0.2, 0.25) is 11.8 Å². The maximum Gasteiger partial charge on any atom is 0.304 e. The maximum atomic E-state index is 11.8. The molecule has 0 radical (unpaired) electrons. The van der Waals surface area contributed by atoms with Crippen molar-refractivity contribution in [3.63, 3.8) is 0 Å². The third kappa shape index (κ3) is 3.69. The van der Waals surface area contributed by atoms with Gasteiger partial charge in [-0.25, -0.2) is 0 Å². The quantitative estimate of drug-likeness (QED) is 0.495. The molecule has 1 aliphatic heterocycles. The van der Waals surface area contributed by atoms with Gasteiger partial charge in [0.1, 0.15) is 6.04 Å². The number of esters is 1. The Morgan fingerprint density at radius 1 is 1.50 bits per heavy atom. The van der Waals surface area contributed by atoms with Crippen LogP contribution in [0.4, 0.5) is 0 Å². The summed E-state index contributed by atoms with van der Waals surface area (Å²) in [4.78, 5) is 35.6. The van der Waals surface area contributed by atoms with Gasteiger partial charge in [-0.1, -0.05) is 0 Å². The van der Waals surface area contributed by atoms with E-state index in [1.54, 1.807) is 6.92 Å². The molecule has 1 saturated heterocycles. The second-order valence-electron chi connectivity index (χ2n) is 4.30. The minimum absolute atomic E-state index is 0.176. The van der Waals surface area contributed by atoms with E-state index >= 15 is 0 Å². The summed E-state index contributed by atoms with van der Waals surface area (Å²) in [6.07, 6.45) is 1.37. The normalized spacial score (nSPS) is 20.4. The summed E-state index contributed by atoms with van der Waals surface area (Å²) in [6.45, 7) is 3.21. The lowest BCUT2D eigenvalue weighted by molar-refractivity contribution is -0.145. The summed E-state index contributed by atoms with van der Waals surface area (Å²) in [7, 11) is 0. The van der Waals surface area contributed by atoms with E-state index in [0.29, 0.717) is 13.0 Å². The van der Waals surface area contributed by atoms with Gasteiger partial charge in [0.05, 0.1) is 6.04 Å². The van der Waals surface area contributed by atoms with Crippen molar-refractivity contribution in [2.75, 3.05) is 13.3 Å². The van der Waals surface area contributed by atoms with Crippen LogP contribution in [0.3, 0.4) is 0 Å². The Labute approximate surface area is 106 Å². The van der Waals surface area contributed by atoms with Crippen LogP contribution in [-0.2, 0) is 19.1 Å². The van der Waals surface area contributed by atoms with Crippen molar-refractivity contribution in [3.8, 4) is 0 Å². The molecule has 18 heavy (non-hydrogen) atoms. The van der Waals surface area contributed by atoms with Gasteiger partial charge in [-0.2, -0.15) is 0 Å². The van der Waals surface area contributed by atoms with Crippen LogP contribution in [0.5, 0.6) is 0 Å². The van der Waals surface area contributed by atoms with Gasteiger partial charge in [-0.3, -0.25) is 14.4 Å². The molecule has 2 atom stereocenters. The highest BCUT2D eigenvalue weighted by Crippen LogP contribution is 2.18. The lowest BCUT2D eigenvalue weighted by Gasteiger charge is -2.25. The molecule has 7 heteroatoms. The van der Waals surface area contributed by atoms with E-state index in [-0.39, 0.29) is 18.5 Å². The lowest BCUT2D eigenvalue weighted by Crippen LogP contribution is -2.50. The van der Waals surface area contributed by atoms with Crippen LogP contribution in [0.25, 0.3) is 0 Å². The average Bonchev–Trinajstić information content (AvgIpc) is 2.75. The molecule has 0 bridgehead atoms. The van der Waals surface area contributed by atoms with Gasteiger partial charge in [-0.15, -0.1) is 0 Å². The van der Waals surface area contributed by atoms with Gasteiger partial charge < -0.3 is 20.7 Å². The van der Waals surface area contributed by atoms with E-state index in [4.69, 9.17) is 5.73 Å². The largest absolute Gasteiger partial charge is 0.445 e. The number of hydrogen-bond donors (Lipinski definition) is 2. The number of carbonyl (C=O) groups excluding carboxylic acids is 3. The highest BCUT2D eigenvalue weighted by Gasteiger charge is 2.34. The van der Waals surface area contributed by atoms with Crippen LogP contribution < -0.4 is 11.1 Å². The molecule has 0 saturated carbocycles. The zero-order chi connectivity index (χ0) is 13.7. The molecule has 1 rings (SSSR count). The molecule has 1 fully saturated rings. The Morgan fingerprint density at radius 3 is 2.72 bits per heavy atom. The molecule has 2 amide bonds. The molecule has 0 aliphatic carbocycles. The lowest BCUT2D eigenvalue weighted by atomic mass is 10.2. The molecular formula is C11H19N3O4. The first-order chi connectivity index (χ1) is 8.43. The first kappa shape index (κ1) is 14.4. The Kier molecular flexibility index (Phi) is 5.08. The number of ether oxygens (including phenoxy) is 1. The number of nitrogens with zero attached hydrogens (tertiary/aromatic N) is 1. The number of rotatable bonds is 4. The summed E-state index contributed by atoms with van der Waals surface area (Å²) in [5.41, 5.74) is 5.53. The first-order valence-corrected chi connectivity index (χ1v) is 5.90. The standard InChI is InChI=1S/C11H19N3O4/c1-7(12)11(17)14-5-3-4-9(14)10(16)13-6-18-8(2)15/h7,9H,3-6,12H2,1-2H3,(H,13,16)/t7-,9-/m0/s1. The molecule has 0 aromatic carbocycles. The van der Waals surface area contributed by atoms with Crippen molar-refractivity contribution in [3.05, 3.63) is 0 Å². The molecule has 0 aromatic heterocycles. The van der Waals surface area contributed by atoms with E-state index in [2.05, 4.69) is 10.1 Å². The Bertz CT molecular complexity index is 343. The Balaban J connectivity index is 2.50. The number of nitrogens with one attached hydrogen (secondary N) is 1. The third-order valence-corrected chi connectivity index (χ3v) is 2.75. The van der Waals surface area contributed by atoms with Crippen LogP contribution in [0, 0.1) is 0 Å². The summed E-state index contributed by atoms with van der Waals surface area (Å²) in [5.74, 6) is -1.02. The van der Waals surface area contributed by atoms with Crippen molar-refractivity contribution in [1.82, 2.24) is 10.2 Å². The summed E-state index contributed by atoms with van der Waals surface area (Å²) >= 11 is 0. The number of carbonyl (C=O) groups is 3. The Morgan fingerprint density at radius 2 is 2.17 bits per heavy atom. The van der Waals surface area contributed by atoms with Crippen molar-refractivity contribution in [2.45, 2.75) is 38.8 Å². The summed E-state index contributed by atoms with van der Waals surface area (Å²) < 4.78 is 4.62. The molecule has 0 unspecified atom stereocenters. The number of likely N-dealkylation sites (tertiary alicyclic amines) is 1. The fourth-order valence-electron chi connectivity index (χ4n) is 1.89. The number of hydrogen-bond acceptors (Lipinski definition) is 5. The predicted molar refractivity (Wildman–Crippen MR) is 63.2 cm³/mol. The fraction of sp³-hybridized carbons (Fsp3) is 0.727. The van der Waals surface area contributed by atoms with Crippen LogP contribution in [0.15, 0.2) is 0 Å². The number of nitrogens with two attached hydrogens (primary N) is 1. The Hall–Kier alpha value is -1.63. The van der Waals surface area contributed by atoms with Crippen LogP contribution >= 0.6 is 0 Å². The van der Waals surface area contributed by atoms with Gasteiger partial charge in [0.15, 0.2) is 6.73 Å². The topological polar surface area (TPSA) is 102 Å². The highest BCUT2D eigenvalue weighted by atomic mass is 16.5. The second kappa shape index (κ2) is 6.34. The average molecular weight is 257 g/mol. The van der Waals surface area contributed by atoms with Crippen molar-refractivity contribution >= 4 is 17.8 Å². The van der Waals surface area contributed by atoms with Gasteiger partial charge in [0.25, 0.3) is 0 Å². The van der Waals surface area contributed by atoms with Gasteiger partial charge in [0, 0.05) is 13.5 Å². The van der Waals surface area contributed by atoms with E-state index < -0.39 is 18.1 Å². The third-order valence-electron chi connectivity index (χ3n) is 2.75. The molecule has 3 N–H and O–H groups in total. The summed E-state index contributed by atoms with van der Waals surface area (Å²) in [6, 6.07) is -1.13. The highest BCUT2D eigenvalue weighted by molar-refractivity contribution is 5.90. The van der Waals surface area contributed by atoms with Crippen molar-refractivity contribution in [1.29, 1.82) is 0 Å². The molecule has 0 aromatic rings. The second-order valence-corrected chi connectivity index (χ2v) is 4.30. The molecular weight excluding hydrogens is 238 g/mol.